The number of nitrogens with two attached hydrogens (primary N) is 1. The molecule has 8 heteroatoms. The maximum absolute atomic E-state index is 11.3. The molecule has 1 amide bonds. The van der Waals surface area contributed by atoms with Crippen molar-refractivity contribution in [1.29, 1.82) is 0 Å². The van der Waals surface area contributed by atoms with Crippen molar-refractivity contribution in [2.75, 3.05) is 18.0 Å². The Labute approximate surface area is 196 Å². The lowest BCUT2D eigenvalue weighted by atomic mass is 9.78. The molecule has 3 heterocycles. The van der Waals surface area contributed by atoms with Gasteiger partial charge in [-0.05, 0) is 70.5 Å². The van der Waals surface area contributed by atoms with Crippen molar-refractivity contribution in [2.45, 2.75) is 83.5 Å². The van der Waals surface area contributed by atoms with Crippen molar-refractivity contribution in [3.8, 4) is 0 Å². The van der Waals surface area contributed by atoms with Crippen LogP contribution in [0.5, 0.6) is 0 Å². The molecule has 2 saturated heterocycles. The Morgan fingerprint density at radius 2 is 1.88 bits per heavy atom. The molecule has 5 rings (SSSR count). The highest BCUT2D eigenvalue weighted by molar-refractivity contribution is 6.62. The summed E-state index contributed by atoms with van der Waals surface area (Å²) in [5, 5.41) is 1.11. The van der Waals surface area contributed by atoms with Gasteiger partial charge in [-0.2, -0.15) is 0 Å². The van der Waals surface area contributed by atoms with E-state index in [1.165, 1.54) is 36.2 Å². The summed E-state index contributed by atoms with van der Waals surface area (Å²) in [5.74, 6) is 0. The van der Waals surface area contributed by atoms with Gasteiger partial charge >= 0.3 is 13.2 Å². The van der Waals surface area contributed by atoms with Gasteiger partial charge in [-0.1, -0.05) is 18.6 Å². The third-order valence-corrected chi connectivity index (χ3v) is 7.78. The second kappa shape index (κ2) is 8.17. The predicted octanol–water partition coefficient (Wildman–Crippen LogP) is 3.48. The zero-order valence-corrected chi connectivity index (χ0v) is 20.1. The van der Waals surface area contributed by atoms with Gasteiger partial charge in [-0.15, -0.1) is 0 Å². The number of carbonyl (C=O) groups is 1. The minimum Gasteiger partial charge on any atom is -0.444 e. The van der Waals surface area contributed by atoms with Gasteiger partial charge in [-0.3, -0.25) is 4.98 Å². The smallest absolute Gasteiger partial charge is 0.444 e. The lowest BCUT2D eigenvalue weighted by Crippen LogP contribution is -2.41. The molecule has 1 aromatic carbocycles. The molecular formula is C25H34BN3O4. The molecule has 0 spiro atoms. The molecule has 33 heavy (non-hydrogen) atoms. The Bertz CT molecular complexity index is 1070. The van der Waals surface area contributed by atoms with Crippen molar-refractivity contribution >= 4 is 35.3 Å². The first-order valence-electron chi connectivity index (χ1n) is 12.2. The summed E-state index contributed by atoms with van der Waals surface area (Å²) in [6, 6.07) is 6.36. The number of nitrogens with zero attached hydrogens (tertiary/aromatic N) is 2. The van der Waals surface area contributed by atoms with Crippen LogP contribution in [0.3, 0.4) is 0 Å². The van der Waals surface area contributed by atoms with E-state index in [9.17, 15) is 4.79 Å². The number of aryl methyl sites for hydroxylation is 1. The number of benzene rings is 1. The highest BCUT2D eigenvalue weighted by Gasteiger charge is 2.51. The maximum atomic E-state index is 11.3. The van der Waals surface area contributed by atoms with Gasteiger partial charge in [0, 0.05) is 24.0 Å². The number of aromatic nitrogens is 1. The molecule has 1 unspecified atom stereocenters. The minimum atomic E-state index is -0.705. The first-order valence-corrected chi connectivity index (χ1v) is 12.2. The van der Waals surface area contributed by atoms with Crippen LogP contribution >= 0.6 is 0 Å². The third kappa shape index (κ3) is 4.08. The van der Waals surface area contributed by atoms with Crippen LogP contribution < -0.4 is 16.1 Å². The van der Waals surface area contributed by atoms with Gasteiger partial charge in [0.15, 0.2) is 0 Å². The number of hydrogen-bond acceptors (Lipinski definition) is 6. The Morgan fingerprint density at radius 3 is 2.61 bits per heavy atom. The van der Waals surface area contributed by atoms with E-state index < -0.39 is 24.4 Å². The Balaban J connectivity index is 1.59. The average molecular weight is 451 g/mol. The molecule has 2 aliphatic heterocycles. The number of amides is 1. The molecule has 2 aromatic rings. The van der Waals surface area contributed by atoms with E-state index in [-0.39, 0.29) is 6.10 Å². The summed E-state index contributed by atoms with van der Waals surface area (Å²) >= 11 is 0. The average Bonchev–Trinajstić information content (AvgIpc) is 3.16. The van der Waals surface area contributed by atoms with Crippen LogP contribution in [-0.4, -0.2) is 48.6 Å². The van der Waals surface area contributed by atoms with Crippen LogP contribution in [0.4, 0.5) is 10.5 Å². The maximum Gasteiger partial charge on any atom is 0.494 e. The van der Waals surface area contributed by atoms with Gasteiger partial charge in [-0.25, -0.2) is 4.79 Å². The van der Waals surface area contributed by atoms with E-state index in [1.807, 2.05) is 0 Å². The molecule has 0 saturated carbocycles. The molecule has 1 atom stereocenters. The molecular weight excluding hydrogens is 417 g/mol. The number of fused-ring (bicyclic) bond motifs is 2. The van der Waals surface area contributed by atoms with Crippen molar-refractivity contribution in [2.24, 2.45) is 5.73 Å². The van der Waals surface area contributed by atoms with E-state index in [1.54, 1.807) is 0 Å². The van der Waals surface area contributed by atoms with Crippen LogP contribution in [0.15, 0.2) is 18.2 Å². The highest BCUT2D eigenvalue weighted by Crippen LogP contribution is 2.39. The second-order valence-electron chi connectivity index (χ2n) is 10.6. The molecule has 0 radical (unpaired) electrons. The molecule has 7 nitrogen and oxygen atoms in total. The Hall–Kier alpha value is -2.32. The van der Waals surface area contributed by atoms with Crippen molar-refractivity contribution in [3.63, 3.8) is 0 Å². The number of rotatable bonds is 3. The zero-order valence-electron chi connectivity index (χ0n) is 20.1. The number of primary amides is 1. The molecule has 2 fully saturated rings. The molecule has 1 aliphatic carbocycles. The molecule has 176 valence electrons. The van der Waals surface area contributed by atoms with Gasteiger partial charge in [0.2, 0.25) is 0 Å². The van der Waals surface area contributed by atoms with E-state index in [4.69, 9.17) is 24.8 Å². The summed E-state index contributed by atoms with van der Waals surface area (Å²) in [5.41, 5.74) is 10.3. The van der Waals surface area contributed by atoms with E-state index in [0.29, 0.717) is 6.54 Å². The summed E-state index contributed by atoms with van der Waals surface area (Å²) < 4.78 is 18.0. The molecule has 0 bridgehead atoms. The largest absolute Gasteiger partial charge is 0.494 e. The van der Waals surface area contributed by atoms with Gasteiger partial charge in [0.05, 0.1) is 29.0 Å². The summed E-state index contributed by atoms with van der Waals surface area (Å²) in [4.78, 5) is 18.8. The number of hydrogen-bond donors (Lipinski definition) is 1. The SMILES string of the molecule is CC1(C)OB(c2ccc3nc4c(c(N5CCC(OC(N)=O)C5)c3c2)CCCCC4)OC1(C)C. The first-order chi connectivity index (χ1) is 15.6. The van der Waals surface area contributed by atoms with Gasteiger partial charge < -0.3 is 24.7 Å². The fourth-order valence-corrected chi connectivity index (χ4v) is 5.27. The summed E-state index contributed by atoms with van der Waals surface area (Å²) in [6.07, 6.45) is 5.47. The lowest BCUT2D eigenvalue weighted by Gasteiger charge is -2.32. The van der Waals surface area contributed by atoms with Crippen LogP contribution in [0.2, 0.25) is 0 Å². The van der Waals surface area contributed by atoms with Gasteiger partial charge in [0.25, 0.3) is 0 Å². The van der Waals surface area contributed by atoms with Crippen molar-refractivity contribution in [3.05, 3.63) is 29.5 Å². The van der Waals surface area contributed by atoms with Crippen LogP contribution in [0.25, 0.3) is 10.9 Å². The first kappa shape index (κ1) is 22.5. The number of anilines is 1. The monoisotopic (exact) mass is 451 g/mol. The minimum absolute atomic E-state index is 0.182. The predicted molar refractivity (Wildman–Crippen MR) is 130 cm³/mol. The Morgan fingerprint density at radius 1 is 1.15 bits per heavy atom. The topological polar surface area (TPSA) is 86.9 Å². The standard InChI is InChI=1S/C25H34BN3O4/c1-24(2)25(3,4)33-26(32-24)16-10-11-21-19(14-16)22(18-8-6-5-7-9-20(18)28-21)29-13-12-17(15-29)31-23(27)30/h10-11,14,17H,5-9,12-13,15H2,1-4H3,(H2,27,30). The second-order valence-corrected chi connectivity index (χ2v) is 10.6. The quantitative estimate of drug-likeness (QED) is 0.568. The van der Waals surface area contributed by atoms with Crippen LogP contribution in [0, 0.1) is 0 Å². The zero-order chi connectivity index (χ0) is 23.4. The highest BCUT2D eigenvalue weighted by atomic mass is 16.7. The Kier molecular flexibility index (Phi) is 5.56. The summed E-state index contributed by atoms with van der Waals surface area (Å²) in [6.45, 7) is 9.77. The molecule has 2 N–H and O–H groups in total. The van der Waals surface area contributed by atoms with Crippen molar-refractivity contribution < 1.29 is 18.8 Å². The van der Waals surface area contributed by atoms with Gasteiger partial charge in [0.1, 0.15) is 6.10 Å². The third-order valence-electron chi connectivity index (χ3n) is 7.78. The van der Waals surface area contributed by atoms with Crippen LogP contribution in [-0.2, 0) is 26.9 Å². The van der Waals surface area contributed by atoms with E-state index >= 15 is 0 Å². The fourth-order valence-electron chi connectivity index (χ4n) is 5.27. The molecule has 1 aromatic heterocycles. The van der Waals surface area contributed by atoms with E-state index in [0.717, 1.165) is 42.2 Å². The number of ether oxygens (including phenoxy) is 1. The fraction of sp³-hybridized carbons (Fsp3) is 0.600. The number of pyridine rings is 1. The van der Waals surface area contributed by atoms with Crippen molar-refractivity contribution in [1.82, 2.24) is 4.98 Å². The van der Waals surface area contributed by atoms with Crippen LogP contribution in [0.1, 0.15) is 64.6 Å². The summed E-state index contributed by atoms with van der Waals surface area (Å²) in [7, 11) is -0.421. The lowest BCUT2D eigenvalue weighted by molar-refractivity contribution is 0.00578. The molecule has 3 aliphatic rings. The normalized spacial score (nSPS) is 24.1. The number of carbonyl (C=O) groups excluding carboxylic acids is 1. The van der Waals surface area contributed by atoms with E-state index in [2.05, 4.69) is 50.8 Å².